The number of amides is 2. The van der Waals surface area contributed by atoms with Crippen LogP contribution in [-0.4, -0.2) is 58.5 Å². The van der Waals surface area contributed by atoms with Gasteiger partial charge in [0, 0.05) is 37.5 Å². The van der Waals surface area contributed by atoms with Crippen molar-refractivity contribution in [2.45, 2.75) is 51.6 Å². The normalized spacial score (nSPS) is 25.9. The zero-order valence-electron chi connectivity index (χ0n) is 13.1. The van der Waals surface area contributed by atoms with Gasteiger partial charge >= 0.3 is 0 Å². The summed E-state index contributed by atoms with van der Waals surface area (Å²) in [6.45, 7) is 6.99. The summed E-state index contributed by atoms with van der Waals surface area (Å²) in [5.41, 5.74) is -0.600. The Morgan fingerprint density at radius 2 is 1.71 bits per heavy atom. The van der Waals surface area contributed by atoms with Crippen LogP contribution in [0.2, 0.25) is 0 Å². The third kappa shape index (κ3) is 2.68. The third-order valence-corrected chi connectivity index (χ3v) is 5.41. The highest BCUT2D eigenvalue weighted by molar-refractivity contribution is 5.80. The molecule has 3 aliphatic rings. The van der Waals surface area contributed by atoms with E-state index in [2.05, 4.69) is 0 Å². The molecule has 3 fully saturated rings. The van der Waals surface area contributed by atoms with Gasteiger partial charge in [0.25, 0.3) is 0 Å². The zero-order chi connectivity index (χ0) is 15.3. The summed E-state index contributed by atoms with van der Waals surface area (Å²) in [6.07, 6.45) is 3.82. The van der Waals surface area contributed by atoms with Gasteiger partial charge in [-0.25, -0.2) is 0 Å². The molecule has 0 bridgehead atoms. The van der Waals surface area contributed by atoms with Gasteiger partial charge in [-0.3, -0.25) is 9.59 Å². The van der Waals surface area contributed by atoms with E-state index in [1.807, 2.05) is 23.6 Å². The van der Waals surface area contributed by atoms with Crippen LogP contribution in [0.25, 0.3) is 0 Å². The predicted octanol–water partition coefficient (Wildman–Crippen LogP) is 1.01. The van der Waals surface area contributed by atoms with Crippen molar-refractivity contribution in [3.8, 4) is 0 Å². The Bertz CT molecular complexity index is 450. The molecule has 0 aromatic heterocycles. The minimum atomic E-state index is -0.727. The van der Waals surface area contributed by atoms with Gasteiger partial charge in [-0.15, -0.1) is 0 Å². The maximum atomic E-state index is 12.2. The number of aliphatic hydroxyl groups is 1. The number of nitrogens with zero attached hydrogens (tertiary/aromatic N) is 2. The highest BCUT2D eigenvalue weighted by Crippen LogP contribution is 2.42. The molecular formula is C16H26N2O3. The summed E-state index contributed by atoms with van der Waals surface area (Å²) in [7, 11) is 0. The lowest BCUT2D eigenvalue weighted by molar-refractivity contribution is -0.152. The van der Waals surface area contributed by atoms with Gasteiger partial charge in [-0.2, -0.15) is 0 Å². The summed E-state index contributed by atoms with van der Waals surface area (Å²) in [5, 5.41) is 10.1. The van der Waals surface area contributed by atoms with Crippen LogP contribution in [0.15, 0.2) is 0 Å². The zero-order valence-corrected chi connectivity index (χ0v) is 13.1. The molecule has 0 atom stereocenters. The van der Waals surface area contributed by atoms with Crippen molar-refractivity contribution in [2.75, 3.05) is 26.2 Å². The van der Waals surface area contributed by atoms with Crippen molar-refractivity contribution in [2.24, 2.45) is 11.3 Å². The van der Waals surface area contributed by atoms with Crippen molar-refractivity contribution in [3.63, 3.8) is 0 Å². The Morgan fingerprint density at radius 3 is 2.24 bits per heavy atom. The van der Waals surface area contributed by atoms with Crippen LogP contribution in [-0.2, 0) is 9.59 Å². The molecule has 2 amide bonds. The standard InChI is InChI=1S/C16H26N2O3/c1-12(2)14(20)17-7-6-15(9-17)10-18(11-15)13(19)8-16(21)4-3-5-16/h12,21H,3-11H2,1-2H3. The topological polar surface area (TPSA) is 60.9 Å². The van der Waals surface area contributed by atoms with Gasteiger partial charge in [0.1, 0.15) is 0 Å². The molecule has 1 N–H and O–H groups in total. The molecule has 21 heavy (non-hydrogen) atoms. The van der Waals surface area contributed by atoms with Gasteiger partial charge in [0.15, 0.2) is 0 Å². The Labute approximate surface area is 126 Å². The van der Waals surface area contributed by atoms with Gasteiger partial charge < -0.3 is 14.9 Å². The van der Waals surface area contributed by atoms with Crippen molar-refractivity contribution < 1.29 is 14.7 Å². The third-order valence-electron chi connectivity index (χ3n) is 5.41. The van der Waals surface area contributed by atoms with E-state index in [0.717, 1.165) is 51.9 Å². The van der Waals surface area contributed by atoms with E-state index in [0.29, 0.717) is 0 Å². The molecule has 2 saturated heterocycles. The van der Waals surface area contributed by atoms with Crippen LogP contribution in [0.4, 0.5) is 0 Å². The molecule has 1 saturated carbocycles. The minimum absolute atomic E-state index is 0.0471. The van der Waals surface area contributed by atoms with Gasteiger partial charge in [0.05, 0.1) is 12.0 Å². The Kier molecular flexibility index (Phi) is 3.51. The first-order valence-electron chi connectivity index (χ1n) is 8.12. The molecule has 0 aromatic carbocycles. The fraction of sp³-hybridized carbons (Fsp3) is 0.875. The largest absolute Gasteiger partial charge is 0.389 e. The first-order chi connectivity index (χ1) is 9.83. The molecule has 2 heterocycles. The van der Waals surface area contributed by atoms with E-state index >= 15 is 0 Å². The quantitative estimate of drug-likeness (QED) is 0.845. The SMILES string of the molecule is CC(C)C(=O)N1CCC2(CN(C(=O)CC3(O)CCC3)C2)C1. The monoisotopic (exact) mass is 294 g/mol. The minimum Gasteiger partial charge on any atom is -0.389 e. The van der Waals surface area contributed by atoms with Crippen LogP contribution >= 0.6 is 0 Å². The Morgan fingerprint density at radius 1 is 1.10 bits per heavy atom. The van der Waals surface area contributed by atoms with Crippen LogP contribution in [0.1, 0.15) is 46.0 Å². The molecule has 0 radical (unpaired) electrons. The predicted molar refractivity (Wildman–Crippen MR) is 78.5 cm³/mol. The highest BCUT2D eigenvalue weighted by atomic mass is 16.3. The summed E-state index contributed by atoms with van der Waals surface area (Å²) in [4.78, 5) is 28.0. The van der Waals surface area contributed by atoms with Crippen LogP contribution in [0.5, 0.6) is 0 Å². The molecular weight excluding hydrogens is 268 g/mol. The van der Waals surface area contributed by atoms with E-state index < -0.39 is 5.60 Å². The van der Waals surface area contributed by atoms with Gasteiger partial charge in [0.2, 0.25) is 11.8 Å². The number of hydrogen-bond acceptors (Lipinski definition) is 3. The van der Waals surface area contributed by atoms with Crippen LogP contribution in [0.3, 0.4) is 0 Å². The molecule has 5 nitrogen and oxygen atoms in total. The van der Waals surface area contributed by atoms with Crippen molar-refractivity contribution in [1.82, 2.24) is 9.80 Å². The smallest absolute Gasteiger partial charge is 0.225 e. The fourth-order valence-electron chi connectivity index (χ4n) is 3.84. The Balaban J connectivity index is 1.49. The Hall–Kier alpha value is -1.10. The maximum absolute atomic E-state index is 12.2. The van der Waals surface area contributed by atoms with Crippen molar-refractivity contribution in [3.05, 3.63) is 0 Å². The molecule has 5 heteroatoms. The molecule has 1 aliphatic carbocycles. The summed E-state index contributed by atoms with van der Waals surface area (Å²) in [6, 6.07) is 0. The van der Waals surface area contributed by atoms with E-state index in [4.69, 9.17) is 0 Å². The molecule has 2 aliphatic heterocycles. The van der Waals surface area contributed by atoms with Crippen LogP contribution < -0.4 is 0 Å². The van der Waals surface area contributed by atoms with Crippen molar-refractivity contribution >= 4 is 11.8 Å². The average Bonchev–Trinajstić information content (AvgIpc) is 2.79. The number of likely N-dealkylation sites (tertiary alicyclic amines) is 2. The van der Waals surface area contributed by atoms with E-state index in [1.165, 1.54) is 0 Å². The number of carbonyl (C=O) groups excluding carboxylic acids is 2. The molecule has 1 spiro atoms. The maximum Gasteiger partial charge on any atom is 0.225 e. The lowest BCUT2D eigenvalue weighted by atomic mass is 9.75. The first-order valence-corrected chi connectivity index (χ1v) is 8.12. The number of hydrogen-bond donors (Lipinski definition) is 1. The van der Waals surface area contributed by atoms with Gasteiger partial charge in [-0.1, -0.05) is 13.8 Å². The highest BCUT2D eigenvalue weighted by Gasteiger charge is 2.51. The second kappa shape index (κ2) is 4.97. The first kappa shape index (κ1) is 14.8. The van der Waals surface area contributed by atoms with E-state index in [-0.39, 0.29) is 29.6 Å². The van der Waals surface area contributed by atoms with E-state index in [9.17, 15) is 14.7 Å². The second-order valence-corrected chi connectivity index (χ2v) is 7.67. The molecule has 3 rings (SSSR count). The summed E-state index contributed by atoms with van der Waals surface area (Å²) >= 11 is 0. The molecule has 118 valence electrons. The lowest BCUT2D eigenvalue weighted by Crippen LogP contribution is -2.61. The second-order valence-electron chi connectivity index (χ2n) is 7.67. The number of carbonyl (C=O) groups is 2. The van der Waals surface area contributed by atoms with E-state index in [1.54, 1.807) is 0 Å². The van der Waals surface area contributed by atoms with Crippen LogP contribution in [0, 0.1) is 11.3 Å². The molecule has 0 unspecified atom stereocenters. The molecule has 0 aromatic rings. The van der Waals surface area contributed by atoms with Crippen molar-refractivity contribution in [1.29, 1.82) is 0 Å². The lowest BCUT2D eigenvalue weighted by Gasteiger charge is -2.49. The average molecular weight is 294 g/mol. The summed E-state index contributed by atoms with van der Waals surface area (Å²) < 4.78 is 0. The summed E-state index contributed by atoms with van der Waals surface area (Å²) in [5.74, 6) is 0.350. The number of rotatable bonds is 3. The van der Waals surface area contributed by atoms with Gasteiger partial charge in [-0.05, 0) is 25.7 Å². The fourth-order valence-corrected chi connectivity index (χ4v) is 3.84.